The van der Waals surface area contributed by atoms with Crippen LogP contribution in [0.4, 0.5) is 8.78 Å². The van der Waals surface area contributed by atoms with Crippen molar-refractivity contribution in [2.24, 2.45) is 0 Å². The van der Waals surface area contributed by atoms with Crippen LogP contribution >= 0.6 is 0 Å². The number of benzene rings is 2. The van der Waals surface area contributed by atoms with Crippen LogP contribution in [0.15, 0.2) is 36.4 Å². The van der Waals surface area contributed by atoms with E-state index in [9.17, 15) is 13.6 Å². The van der Waals surface area contributed by atoms with E-state index in [4.69, 9.17) is 5.11 Å². The van der Waals surface area contributed by atoms with E-state index < -0.39 is 12.0 Å². The van der Waals surface area contributed by atoms with E-state index in [1.807, 2.05) is 6.07 Å². The number of H-pyrrole nitrogens is 2. The monoisotopic (exact) mass is 424 g/mol. The highest BCUT2D eigenvalue weighted by atomic mass is 19.1. The highest BCUT2D eigenvalue weighted by Gasteiger charge is 2.28. The number of carbonyl (C=O) groups is 1. The maximum Gasteiger partial charge on any atom is 0.326 e. The van der Waals surface area contributed by atoms with Crippen molar-refractivity contribution in [2.45, 2.75) is 25.4 Å². The first kappa shape index (κ1) is 19.7. The molecule has 160 valence electrons. The fourth-order valence-corrected chi connectivity index (χ4v) is 4.57. The third-order valence-corrected chi connectivity index (χ3v) is 5.97. The number of aromatic amines is 2. The molecule has 5 N–H and O–H groups in total. The average Bonchev–Trinajstić information content (AvgIpc) is 3.30. The Morgan fingerprint density at radius 3 is 2.26 bits per heavy atom. The van der Waals surface area contributed by atoms with Gasteiger partial charge in [-0.3, -0.25) is 10.1 Å². The highest BCUT2D eigenvalue weighted by molar-refractivity contribution is 5.88. The minimum atomic E-state index is -0.919. The summed E-state index contributed by atoms with van der Waals surface area (Å²) in [7, 11) is 0. The first-order valence-corrected chi connectivity index (χ1v) is 10.3. The lowest BCUT2D eigenvalue weighted by Crippen LogP contribution is -2.34. The number of hydrogen-bond acceptors (Lipinski definition) is 3. The van der Waals surface area contributed by atoms with Crippen LogP contribution in [0.1, 0.15) is 28.6 Å². The molecular formula is C23H22F2N4O2. The Bertz CT molecular complexity index is 1290. The van der Waals surface area contributed by atoms with E-state index in [0.29, 0.717) is 17.8 Å². The topological polar surface area (TPSA) is 92.9 Å². The number of rotatable bonds is 1. The predicted octanol–water partition coefficient (Wildman–Crippen LogP) is 3.53. The van der Waals surface area contributed by atoms with Gasteiger partial charge in [-0.1, -0.05) is 0 Å². The van der Waals surface area contributed by atoms with Gasteiger partial charge in [-0.25, -0.2) is 8.78 Å². The number of fused-ring (bicyclic) bond motifs is 6. The summed E-state index contributed by atoms with van der Waals surface area (Å²) < 4.78 is 26.1. The van der Waals surface area contributed by atoms with Crippen molar-refractivity contribution in [2.75, 3.05) is 13.1 Å². The molecule has 1 unspecified atom stereocenters. The molecular weight excluding hydrogens is 402 g/mol. The summed E-state index contributed by atoms with van der Waals surface area (Å²) in [5.41, 5.74) is 5.75. The second-order valence-corrected chi connectivity index (χ2v) is 7.88. The minimum absolute atomic E-state index is 0.177. The summed E-state index contributed by atoms with van der Waals surface area (Å²) in [6.07, 6.45) is 1.78. The van der Waals surface area contributed by atoms with E-state index >= 15 is 0 Å². The first-order chi connectivity index (χ1) is 15.0. The smallest absolute Gasteiger partial charge is 0.326 e. The lowest BCUT2D eigenvalue weighted by Gasteiger charge is -2.20. The van der Waals surface area contributed by atoms with Crippen molar-refractivity contribution < 1.29 is 18.7 Å². The van der Waals surface area contributed by atoms with Gasteiger partial charge >= 0.3 is 5.97 Å². The molecule has 8 heteroatoms. The van der Waals surface area contributed by atoms with E-state index in [1.165, 1.54) is 34.8 Å². The molecule has 6 rings (SSSR count). The predicted molar refractivity (Wildman–Crippen MR) is 114 cm³/mol. The number of nitrogens with one attached hydrogen (secondary N) is 4. The van der Waals surface area contributed by atoms with Gasteiger partial charge in [0.05, 0.1) is 0 Å². The maximum atomic E-state index is 13.1. The number of hydrogen-bond donors (Lipinski definition) is 5. The summed E-state index contributed by atoms with van der Waals surface area (Å²) in [6.45, 7) is 2.50. The van der Waals surface area contributed by atoms with E-state index in [0.717, 1.165) is 42.4 Å². The molecule has 1 atom stereocenters. The zero-order valence-corrected chi connectivity index (χ0v) is 16.7. The molecule has 0 bridgehead atoms. The van der Waals surface area contributed by atoms with E-state index in [1.54, 1.807) is 12.1 Å². The zero-order chi connectivity index (χ0) is 21.5. The summed E-state index contributed by atoms with van der Waals surface area (Å²) >= 11 is 0. The quantitative estimate of drug-likeness (QED) is 0.323. The van der Waals surface area contributed by atoms with Crippen LogP contribution in [0.2, 0.25) is 0 Å². The van der Waals surface area contributed by atoms with Crippen molar-refractivity contribution >= 4 is 27.8 Å². The van der Waals surface area contributed by atoms with Crippen LogP contribution in [-0.4, -0.2) is 34.1 Å². The van der Waals surface area contributed by atoms with Gasteiger partial charge in [-0.2, -0.15) is 0 Å². The molecule has 0 saturated carbocycles. The Kier molecular flexibility index (Phi) is 4.95. The molecule has 2 aromatic carbocycles. The molecule has 31 heavy (non-hydrogen) atoms. The molecule has 6 nitrogen and oxygen atoms in total. The van der Waals surface area contributed by atoms with Crippen LogP contribution in [0.3, 0.4) is 0 Å². The molecule has 2 aliphatic rings. The van der Waals surface area contributed by atoms with Crippen molar-refractivity contribution in [1.29, 1.82) is 0 Å². The molecule has 0 spiro atoms. The SMILES string of the molecule is Fc1ccc2c3c([nH]c2c1)CNCC3.O=C(O)C1NCCc2c1[nH]c1cc(F)ccc21. The number of carboxylic acids is 1. The lowest BCUT2D eigenvalue weighted by atomic mass is 9.99. The number of aliphatic carboxylic acids is 1. The van der Waals surface area contributed by atoms with Crippen molar-refractivity contribution in [3.05, 3.63) is 70.5 Å². The molecule has 0 fully saturated rings. The Balaban J connectivity index is 0.000000134. The summed E-state index contributed by atoms with van der Waals surface area (Å²) in [5, 5.41) is 17.4. The van der Waals surface area contributed by atoms with Gasteiger partial charge in [0, 0.05) is 46.3 Å². The third kappa shape index (κ3) is 3.58. The van der Waals surface area contributed by atoms with Crippen LogP contribution in [-0.2, 0) is 24.2 Å². The largest absolute Gasteiger partial charge is 0.480 e. The highest BCUT2D eigenvalue weighted by Crippen LogP contribution is 2.30. The molecule has 4 heterocycles. The molecule has 0 amide bonds. The first-order valence-electron chi connectivity index (χ1n) is 10.3. The standard InChI is InChI=1S/C12H11FN2O2.C11H11FN2/c13-6-1-2-7-8-3-4-14-11(12(16)17)10(8)15-9(7)5-6;12-7-1-2-8-9-3-4-13-6-11(9)14-10(8)5-7/h1-2,5,11,14-15H,3-4H2,(H,16,17);1-2,5,13-14H,3-4,6H2. The van der Waals surface area contributed by atoms with Crippen molar-refractivity contribution in [3.8, 4) is 0 Å². The zero-order valence-electron chi connectivity index (χ0n) is 16.7. The Morgan fingerprint density at radius 2 is 1.55 bits per heavy atom. The maximum absolute atomic E-state index is 13.1. The molecule has 4 aromatic rings. The number of carboxylic acid groups (broad SMARTS) is 1. The fraction of sp³-hybridized carbons (Fsp3) is 0.261. The van der Waals surface area contributed by atoms with Gasteiger partial charge in [0.1, 0.15) is 17.7 Å². The van der Waals surface area contributed by atoms with Gasteiger partial charge in [0.25, 0.3) is 0 Å². The summed E-state index contributed by atoms with van der Waals surface area (Å²) in [4.78, 5) is 17.4. The Morgan fingerprint density at radius 1 is 0.903 bits per heavy atom. The Hall–Kier alpha value is -3.23. The van der Waals surface area contributed by atoms with Crippen LogP contribution in [0.5, 0.6) is 0 Å². The van der Waals surface area contributed by atoms with Crippen molar-refractivity contribution in [3.63, 3.8) is 0 Å². The van der Waals surface area contributed by atoms with Gasteiger partial charge in [0.2, 0.25) is 0 Å². The van der Waals surface area contributed by atoms with E-state index in [2.05, 4.69) is 20.6 Å². The second-order valence-electron chi connectivity index (χ2n) is 7.88. The second kappa shape index (κ2) is 7.79. The average molecular weight is 424 g/mol. The van der Waals surface area contributed by atoms with Crippen LogP contribution < -0.4 is 10.6 Å². The Labute approximate surface area is 176 Å². The van der Waals surface area contributed by atoms with Crippen LogP contribution in [0.25, 0.3) is 21.8 Å². The molecule has 0 radical (unpaired) electrons. The lowest BCUT2D eigenvalue weighted by molar-refractivity contribution is -0.139. The van der Waals surface area contributed by atoms with Gasteiger partial charge in [-0.05, 0) is 66.9 Å². The summed E-state index contributed by atoms with van der Waals surface area (Å²) in [5.74, 6) is -1.42. The molecule has 2 aliphatic heterocycles. The normalized spacial score (nSPS) is 17.7. The number of aromatic nitrogens is 2. The van der Waals surface area contributed by atoms with Crippen LogP contribution in [0, 0.1) is 11.6 Å². The number of halogens is 2. The van der Waals surface area contributed by atoms with E-state index in [-0.39, 0.29) is 11.6 Å². The fourth-order valence-electron chi connectivity index (χ4n) is 4.57. The van der Waals surface area contributed by atoms with Gasteiger partial charge < -0.3 is 20.4 Å². The third-order valence-electron chi connectivity index (χ3n) is 5.97. The molecule has 2 aromatic heterocycles. The molecule has 0 saturated heterocycles. The van der Waals surface area contributed by atoms with Gasteiger partial charge in [-0.15, -0.1) is 0 Å². The molecule has 0 aliphatic carbocycles. The minimum Gasteiger partial charge on any atom is -0.480 e. The van der Waals surface area contributed by atoms with Crippen molar-refractivity contribution in [1.82, 2.24) is 20.6 Å². The summed E-state index contributed by atoms with van der Waals surface area (Å²) in [6, 6.07) is 8.72. The van der Waals surface area contributed by atoms with Gasteiger partial charge in [0.15, 0.2) is 0 Å².